The van der Waals surface area contributed by atoms with Gasteiger partial charge in [0.2, 0.25) is 0 Å². The fraction of sp³-hybridized carbons (Fsp3) is 0.0545. The van der Waals surface area contributed by atoms with Gasteiger partial charge >= 0.3 is 0 Å². The van der Waals surface area contributed by atoms with E-state index in [0.29, 0.717) is 0 Å². The summed E-state index contributed by atoms with van der Waals surface area (Å²) in [5.41, 5.74) is 18.4. The van der Waals surface area contributed by atoms with Crippen LogP contribution in [0.2, 0.25) is 0 Å². The van der Waals surface area contributed by atoms with E-state index in [0.717, 1.165) is 17.1 Å². The Morgan fingerprint density at radius 3 is 1.77 bits per heavy atom. The number of rotatable bonds is 7. The normalized spacial score (nSPS) is 12.6. The Kier molecular flexibility index (Phi) is 8.23. The summed E-state index contributed by atoms with van der Waals surface area (Å²) in [4.78, 5) is 2.42. The summed E-state index contributed by atoms with van der Waals surface area (Å²) < 4.78 is 0. The average Bonchev–Trinajstić information content (AvgIpc) is 3.50. The molecule has 0 aliphatic heterocycles. The molecule has 0 heterocycles. The van der Waals surface area contributed by atoms with Crippen LogP contribution < -0.4 is 4.90 Å². The Morgan fingerprint density at radius 1 is 0.339 bits per heavy atom. The van der Waals surface area contributed by atoms with E-state index in [1.165, 1.54) is 77.5 Å². The first-order valence-electron chi connectivity index (χ1n) is 19.5. The van der Waals surface area contributed by atoms with Gasteiger partial charge in [-0.15, -0.1) is 0 Å². The highest BCUT2D eigenvalue weighted by Crippen LogP contribution is 2.52. The first-order valence-corrected chi connectivity index (χ1v) is 19.5. The van der Waals surface area contributed by atoms with Crippen LogP contribution in [0.4, 0.5) is 17.1 Å². The molecule has 0 fully saturated rings. The predicted octanol–water partition coefficient (Wildman–Crippen LogP) is 15.3. The second-order valence-electron chi connectivity index (χ2n) is 15.3. The maximum Gasteiger partial charge on any atom is 0.0540 e. The van der Waals surface area contributed by atoms with E-state index in [2.05, 4.69) is 231 Å². The standard InChI is InChI=1S/C55H41N/c1-55(2)52-30-10-8-26-50(52)51-29-15-28-49(54(51)55)40-32-34-44(35-33-40)56(45-23-13-20-41(37-45)38-16-4-3-5-17-38)53-31-11-9-25-48(53)43-22-12-21-42(36-43)47-27-14-19-39-18-6-7-24-46(39)47/h3-37H,1-2H3. The molecule has 0 spiro atoms. The summed E-state index contributed by atoms with van der Waals surface area (Å²) in [6.07, 6.45) is 0. The third-order valence-corrected chi connectivity index (χ3v) is 11.6. The smallest absolute Gasteiger partial charge is 0.0540 e. The molecule has 0 N–H and O–H groups in total. The van der Waals surface area contributed by atoms with Crippen molar-refractivity contribution in [1.29, 1.82) is 0 Å². The molecule has 1 nitrogen and oxygen atoms in total. The van der Waals surface area contributed by atoms with Crippen molar-refractivity contribution in [3.05, 3.63) is 223 Å². The van der Waals surface area contributed by atoms with Crippen LogP contribution in [-0.4, -0.2) is 0 Å². The maximum atomic E-state index is 2.42. The number of hydrogen-bond acceptors (Lipinski definition) is 1. The van der Waals surface area contributed by atoms with Crippen molar-refractivity contribution in [3.63, 3.8) is 0 Å². The minimum Gasteiger partial charge on any atom is -0.310 e. The lowest BCUT2D eigenvalue weighted by atomic mass is 9.79. The molecule has 10 rings (SSSR count). The molecular weight excluding hydrogens is 675 g/mol. The van der Waals surface area contributed by atoms with Gasteiger partial charge in [0.05, 0.1) is 5.69 Å². The van der Waals surface area contributed by atoms with Gasteiger partial charge in [-0.2, -0.15) is 0 Å². The largest absolute Gasteiger partial charge is 0.310 e. The summed E-state index contributed by atoms with van der Waals surface area (Å²) in [5, 5.41) is 2.51. The van der Waals surface area contributed by atoms with Crippen LogP contribution in [0, 0.1) is 0 Å². The molecule has 0 atom stereocenters. The van der Waals surface area contributed by atoms with Crippen LogP contribution in [0.25, 0.3) is 66.4 Å². The Labute approximate surface area is 329 Å². The van der Waals surface area contributed by atoms with Crippen molar-refractivity contribution in [2.75, 3.05) is 4.90 Å². The molecule has 0 unspecified atom stereocenters. The highest BCUT2D eigenvalue weighted by atomic mass is 15.1. The minimum absolute atomic E-state index is 0.0926. The highest BCUT2D eigenvalue weighted by molar-refractivity contribution is 5.98. The molecular formula is C55H41N. The van der Waals surface area contributed by atoms with E-state index in [-0.39, 0.29) is 5.41 Å². The van der Waals surface area contributed by atoms with Crippen molar-refractivity contribution in [3.8, 4) is 55.6 Å². The maximum absolute atomic E-state index is 2.42. The zero-order chi connectivity index (χ0) is 37.6. The molecule has 0 radical (unpaired) electrons. The fourth-order valence-corrected chi connectivity index (χ4v) is 9.00. The predicted molar refractivity (Wildman–Crippen MR) is 238 cm³/mol. The number of hydrogen-bond donors (Lipinski definition) is 0. The van der Waals surface area contributed by atoms with E-state index in [1.807, 2.05) is 0 Å². The van der Waals surface area contributed by atoms with Crippen LogP contribution >= 0.6 is 0 Å². The molecule has 0 aromatic heterocycles. The number of anilines is 3. The van der Waals surface area contributed by atoms with Crippen LogP contribution in [0.3, 0.4) is 0 Å². The zero-order valence-corrected chi connectivity index (χ0v) is 31.7. The second kappa shape index (κ2) is 13.7. The third-order valence-electron chi connectivity index (χ3n) is 11.6. The molecule has 1 heteroatoms. The van der Waals surface area contributed by atoms with Gasteiger partial charge in [-0.3, -0.25) is 0 Å². The van der Waals surface area contributed by atoms with E-state index in [1.54, 1.807) is 0 Å². The molecule has 0 saturated heterocycles. The Hall–Kier alpha value is -6.96. The van der Waals surface area contributed by atoms with E-state index in [9.17, 15) is 0 Å². The Balaban J connectivity index is 1.11. The van der Waals surface area contributed by atoms with Crippen LogP contribution in [0.1, 0.15) is 25.0 Å². The minimum atomic E-state index is -0.0926. The molecule has 0 saturated carbocycles. The molecule has 1 aliphatic carbocycles. The van der Waals surface area contributed by atoms with Crippen LogP contribution in [-0.2, 0) is 5.41 Å². The zero-order valence-electron chi connectivity index (χ0n) is 31.7. The van der Waals surface area contributed by atoms with Crippen molar-refractivity contribution in [2.45, 2.75) is 19.3 Å². The molecule has 0 bridgehead atoms. The summed E-state index contributed by atoms with van der Waals surface area (Å²) in [6, 6.07) is 77.5. The number of nitrogens with zero attached hydrogens (tertiary/aromatic N) is 1. The topological polar surface area (TPSA) is 3.24 Å². The van der Waals surface area contributed by atoms with Gasteiger partial charge in [0.25, 0.3) is 0 Å². The second-order valence-corrected chi connectivity index (χ2v) is 15.3. The van der Waals surface area contributed by atoms with Gasteiger partial charge in [0.1, 0.15) is 0 Å². The van der Waals surface area contributed by atoms with E-state index >= 15 is 0 Å². The first-order chi connectivity index (χ1) is 27.5. The highest BCUT2D eigenvalue weighted by Gasteiger charge is 2.37. The summed E-state index contributed by atoms with van der Waals surface area (Å²) in [5.74, 6) is 0. The van der Waals surface area contributed by atoms with E-state index in [4.69, 9.17) is 0 Å². The van der Waals surface area contributed by atoms with Gasteiger partial charge in [0.15, 0.2) is 0 Å². The summed E-state index contributed by atoms with van der Waals surface area (Å²) in [7, 11) is 0. The lowest BCUT2D eigenvalue weighted by Gasteiger charge is -2.29. The van der Waals surface area contributed by atoms with Gasteiger partial charge in [-0.1, -0.05) is 190 Å². The first kappa shape index (κ1) is 33.6. The van der Waals surface area contributed by atoms with Crippen LogP contribution in [0.15, 0.2) is 212 Å². The van der Waals surface area contributed by atoms with Gasteiger partial charge in [-0.05, 0) is 108 Å². The third kappa shape index (κ3) is 5.72. The number of para-hydroxylation sites is 1. The van der Waals surface area contributed by atoms with Crippen molar-refractivity contribution in [2.24, 2.45) is 0 Å². The molecule has 9 aromatic carbocycles. The fourth-order valence-electron chi connectivity index (χ4n) is 9.00. The van der Waals surface area contributed by atoms with Gasteiger partial charge in [-0.25, -0.2) is 0 Å². The van der Waals surface area contributed by atoms with Crippen molar-refractivity contribution < 1.29 is 0 Å². The number of fused-ring (bicyclic) bond motifs is 4. The monoisotopic (exact) mass is 715 g/mol. The van der Waals surface area contributed by atoms with Gasteiger partial charge in [0, 0.05) is 22.4 Å². The number of benzene rings is 9. The lowest BCUT2D eigenvalue weighted by Crippen LogP contribution is -2.16. The van der Waals surface area contributed by atoms with Crippen molar-refractivity contribution in [1.82, 2.24) is 0 Å². The van der Waals surface area contributed by atoms with Crippen molar-refractivity contribution >= 4 is 27.8 Å². The van der Waals surface area contributed by atoms with E-state index < -0.39 is 0 Å². The molecule has 0 amide bonds. The van der Waals surface area contributed by atoms with Crippen LogP contribution in [0.5, 0.6) is 0 Å². The summed E-state index contributed by atoms with van der Waals surface area (Å²) >= 11 is 0. The summed E-state index contributed by atoms with van der Waals surface area (Å²) in [6.45, 7) is 4.73. The molecule has 9 aromatic rings. The molecule has 1 aliphatic rings. The van der Waals surface area contributed by atoms with Gasteiger partial charge < -0.3 is 4.90 Å². The molecule has 266 valence electrons. The average molecular weight is 716 g/mol. The Morgan fingerprint density at radius 2 is 0.911 bits per heavy atom. The lowest BCUT2D eigenvalue weighted by molar-refractivity contribution is 0.662. The quantitative estimate of drug-likeness (QED) is 0.159. The molecule has 56 heavy (non-hydrogen) atoms. The Bertz CT molecular complexity index is 2880. The SMILES string of the molecule is CC1(C)c2ccccc2-c2cccc(-c3ccc(N(c4cccc(-c5ccccc5)c4)c4ccccc4-c4cccc(-c5cccc6ccccc56)c4)cc3)c21.